The van der Waals surface area contributed by atoms with Gasteiger partial charge in [0.15, 0.2) is 0 Å². The molecule has 0 aliphatic rings. The van der Waals surface area contributed by atoms with Crippen LogP contribution < -0.4 is 17.1 Å². The Bertz CT molecular complexity index is 918. The summed E-state index contributed by atoms with van der Waals surface area (Å²) in [5, 5.41) is 2.54. The van der Waals surface area contributed by atoms with Crippen LogP contribution in [0, 0.1) is 0 Å². The molecule has 2 heterocycles. The molecule has 0 spiro atoms. The topological polar surface area (TPSA) is 88.1 Å². The van der Waals surface area contributed by atoms with E-state index >= 15 is 0 Å². The molecule has 2 aromatic rings. The molecule has 0 saturated carbocycles. The Hall–Kier alpha value is -2.52. The molecule has 2 aromatic heterocycles. The number of aromatic nitrogens is 4. The largest absolute Gasteiger partial charge is 0.372 e. The van der Waals surface area contributed by atoms with E-state index in [2.05, 4.69) is 18.1 Å². The lowest BCUT2D eigenvalue weighted by Gasteiger charge is -2.11. The molecular weight excluding hydrogens is 356 g/mol. The Kier molecular flexibility index (Phi) is 6.64. The summed E-state index contributed by atoms with van der Waals surface area (Å²) in [6, 6.07) is 0. The molecule has 140 valence electrons. The van der Waals surface area contributed by atoms with E-state index in [1.807, 2.05) is 13.8 Å². The number of hydrogen-bond acceptors (Lipinski definition) is 6. The zero-order valence-corrected chi connectivity index (χ0v) is 15.7. The van der Waals surface area contributed by atoms with Gasteiger partial charge >= 0.3 is 17.1 Å². The fourth-order valence-electron chi connectivity index (χ4n) is 2.45. The first kappa shape index (κ1) is 19.8. The van der Waals surface area contributed by atoms with Gasteiger partial charge in [-0.25, -0.2) is 33.1 Å². The molecule has 0 bridgehead atoms. The molecule has 0 amide bonds. The van der Waals surface area contributed by atoms with E-state index in [0.717, 1.165) is 18.7 Å². The summed E-state index contributed by atoms with van der Waals surface area (Å²) < 4.78 is 8.43. The number of ether oxygens (including phenoxy) is 1. The van der Waals surface area contributed by atoms with Gasteiger partial charge in [0.2, 0.25) is 0 Å². The number of rotatable bonds is 9. The third-order valence-corrected chi connectivity index (χ3v) is 4.72. The zero-order valence-electron chi connectivity index (χ0n) is 14.9. The van der Waals surface area contributed by atoms with Gasteiger partial charge in [-0.1, -0.05) is 12.2 Å². The molecule has 1 atom stereocenters. The first-order valence-corrected chi connectivity index (χ1v) is 9.04. The SMILES string of the molecule is C=CCn1c(=O)n(CC=C)c(=O)n(Cc2csc(C(C)OCC)n2)c1=O. The van der Waals surface area contributed by atoms with E-state index in [0.29, 0.717) is 12.3 Å². The second kappa shape index (κ2) is 8.72. The quantitative estimate of drug-likeness (QED) is 0.611. The van der Waals surface area contributed by atoms with Gasteiger partial charge in [-0.3, -0.25) is 0 Å². The molecule has 0 saturated heterocycles. The van der Waals surface area contributed by atoms with Crippen molar-refractivity contribution >= 4 is 11.3 Å². The molecular formula is C17H22N4O4S. The highest BCUT2D eigenvalue weighted by molar-refractivity contribution is 7.09. The summed E-state index contributed by atoms with van der Waals surface area (Å²) in [7, 11) is 0. The van der Waals surface area contributed by atoms with Crippen LogP contribution in [0.15, 0.2) is 45.1 Å². The highest BCUT2D eigenvalue weighted by Crippen LogP contribution is 2.21. The lowest BCUT2D eigenvalue weighted by atomic mass is 10.4. The maximum absolute atomic E-state index is 12.6. The summed E-state index contributed by atoms with van der Waals surface area (Å²) in [5.74, 6) is 0. The van der Waals surface area contributed by atoms with E-state index in [4.69, 9.17) is 4.74 Å². The number of thiazole rings is 1. The minimum atomic E-state index is -0.687. The molecule has 1 unspecified atom stereocenters. The normalized spacial score (nSPS) is 12.1. The first-order chi connectivity index (χ1) is 12.4. The fourth-order valence-corrected chi connectivity index (χ4v) is 3.27. The van der Waals surface area contributed by atoms with E-state index in [1.165, 1.54) is 23.5 Å². The Labute approximate surface area is 154 Å². The summed E-state index contributed by atoms with van der Waals surface area (Å²) in [4.78, 5) is 42.0. The van der Waals surface area contributed by atoms with Gasteiger partial charge in [0, 0.05) is 12.0 Å². The number of nitrogens with zero attached hydrogens (tertiary/aromatic N) is 4. The van der Waals surface area contributed by atoms with Gasteiger partial charge in [0.05, 0.1) is 25.3 Å². The van der Waals surface area contributed by atoms with E-state index in [-0.39, 0.29) is 25.7 Å². The predicted molar refractivity (Wildman–Crippen MR) is 101 cm³/mol. The predicted octanol–water partition coefficient (Wildman–Crippen LogP) is 1.15. The molecule has 0 fully saturated rings. The van der Waals surface area contributed by atoms with Crippen LogP contribution in [0.3, 0.4) is 0 Å². The van der Waals surface area contributed by atoms with Crippen LogP contribution in [-0.4, -0.2) is 25.3 Å². The Balaban J connectivity index is 2.51. The lowest BCUT2D eigenvalue weighted by molar-refractivity contribution is 0.0761. The van der Waals surface area contributed by atoms with Crippen LogP contribution in [0.2, 0.25) is 0 Å². The summed E-state index contributed by atoms with van der Waals surface area (Å²) in [5.41, 5.74) is -1.50. The number of allylic oxidation sites excluding steroid dienone is 2. The molecule has 2 rings (SSSR count). The summed E-state index contributed by atoms with van der Waals surface area (Å²) in [6.45, 7) is 11.5. The van der Waals surface area contributed by atoms with Gasteiger partial charge in [0.25, 0.3) is 0 Å². The van der Waals surface area contributed by atoms with Crippen molar-refractivity contribution < 1.29 is 4.74 Å². The Morgan fingerprint density at radius 2 is 1.65 bits per heavy atom. The van der Waals surface area contributed by atoms with Crippen molar-refractivity contribution in [3.8, 4) is 0 Å². The smallest absolute Gasteiger partial charge is 0.336 e. The average Bonchev–Trinajstić information content (AvgIpc) is 3.08. The van der Waals surface area contributed by atoms with Crippen molar-refractivity contribution in [3.05, 3.63) is 72.8 Å². The number of hydrogen-bond donors (Lipinski definition) is 0. The minimum Gasteiger partial charge on any atom is -0.372 e. The Morgan fingerprint density at radius 3 is 2.15 bits per heavy atom. The van der Waals surface area contributed by atoms with Crippen molar-refractivity contribution in [2.45, 2.75) is 39.6 Å². The minimum absolute atomic E-state index is 0.0127. The van der Waals surface area contributed by atoms with E-state index < -0.39 is 17.1 Å². The van der Waals surface area contributed by atoms with Gasteiger partial charge in [-0.2, -0.15) is 0 Å². The summed E-state index contributed by atoms with van der Waals surface area (Å²) in [6.07, 6.45) is 2.70. The second-order valence-corrected chi connectivity index (χ2v) is 6.40. The molecule has 9 heteroatoms. The molecule has 0 aromatic carbocycles. The van der Waals surface area contributed by atoms with Gasteiger partial charge in [0.1, 0.15) is 11.1 Å². The second-order valence-electron chi connectivity index (χ2n) is 5.51. The van der Waals surface area contributed by atoms with Crippen molar-refractivity contribution in [1.29, 1.82) is 0 Å². The molecule has 8 nitrogen and oxygen atoms in total. The standard InChI is InChI=1S/C17H22N4O4S/c1-5-8-19-15(22)20(9-6-2)17(24)21(16(19)23)10-13-11-26-14(18-13)12(4)25-7-3/h5-6,11-12H,1-2,7-10H2,3-4H3. The van der Waals surface area contributed by atoms with E-state index in [9.17, 15) is 14.4 Å². The zero-order chi connectivity index (χ0) is 19.3. The van der Waals surface area contributed by atoms with Crippen LogP contribution in [0.4, 0.5) is 0 Å². The van der Waals surface area contributed by atoms with E-state index in [1.54, 1.807) is 5.38 Å². The van der Waals surface area contributed by atoms with Crippen LogP contribution in [0.1, 0.15) is 30.7 Å². The molecule has 0 N–H and O–H groups in total. The average molecular weight is 378 g/mol. The fraction of sp³-hybridized carbons (Fsp3) is 0.412. The summed E-state index contributed by atoms with van der Waals surface area (Å²) >= 11 is 1.40. The molecule has 26 heavy (non-hydrogen) atoms. The maximum atomic E-state index is 12.6. The van der Waals surface area contributed by atoms with Gasteiger partial charge in [-0.05, 0) is 13.8 Å². The van der Waals surface area contributed by atoms with Crippen molar-refractivity contribution in [1.82, 2.24) is 18.7 Å². The van der Waals surface area contributed by atoms with Crippen molar-refractivity contribution in [2.75, 3.05) is 6.61 Å². The molecule has 0 aliphatic carbocycles. The molecule has 0 aliphatic heterocycles. The third kappa shape index (κ3) is 4.00. The Morgan fingerprint density at radius 1 is 1.12 bits per heavy atom. The van der Waals surface area contributed by atoms with Crippen molar-refractivity contribution in [3.63, 3.8) is 0 Å². The van der Waals surface area contributed by atoms with Crippen LogP contribution in [0.5, 0.6) is 0 Å². The van der Waals surface area contributed by atoms with Crippen LogP contribution in [0.25, 0.3) is 0 Å². The molecule has 0 radical (unpaired) electrons. The van der Waals surface area contributed by atoms with Crippen molar-refractivity contribution in [2.24, 2.45) is 0 Å². The maximum Gasteiger partial charge on any atom is 0.336 e. The highest BCUT2D eigenvalue weighted by Gasteiger charge is 2.16. The first-order valence-electron chi connectivity index (χ1n) is 8.16. The lowest BCUT2D eigenvalue weighted by Crippen LogP contribution is -2.54. The third-order valence-electron chi connectivity index (χ3n) is 3.66. The van der Waals surface area contributed by atoms with Gasteiger partial charge in [-0.15, -0.1) is 24.5 Å². The van der Waals surface area contributed by atoms with Crippen LogP contribution >= 0.6 is 11.3 Å². The monoisotopic (exact) mass is 378 g/mol. The van der Waals surface area contributed by atoms with Gasteiger partial charge < -0.3 is 4.74 Å². The highest BCUT2D eigenvalue weighted by atomic mass is 32.1. The van der Waals surface area contributed by atoms with Crippen LogP contribution in [-0.2, 0) is 24.4 Å².